The third-order valence-corrected chi connectivity index (χ3v) is 5.07. The second kappa shape index (κ2) is 5.87. The lowest BCUT2D eigenvalue weighted by Crippen LogP contribution is -2.37. The molecule has 1 aliphatic heterocycles. The number of nitrogens with zero attached hydrogens (tertiary/aromatic N) is 4. The number of likely N-dealkylation sites (N-methyl/N-ethyl adjacent to an activating group) is 1. The number of hydrogen-bond donors (Lipinski definition) is 0. The topological polar surface area (TPSA) is 43.2 Å². The van der Waals surface area contributed by atoms with Crippen molar-refractivity contribution in [3.05, 3.63) is 33.0 Å². The zero-order valence-corrected chi connectivity index (χ0v) is 13.9. The molecule has 2 aromatic heterocycles. The maximum Gasteiger partial charge on any atom is 0.114 e. The largest absolute Gasteiger partial charge is 0.378 e. The summed E-state index contributed by atoms with van der Waals surface area (Å²) < 4.78 is 7.73. The lowest BCUT2D eigenvalue weighted by Gasteiger charge is -2.32. The minimum Gasteiger partial charge on any atom is -0.378 e. The Bertz CT molecular complexity index is 634. The summed E-state index contributed by atoms with van der Waals surface area (Å²) >= 11 is 1.70. The molecular weight excluding hydrogens is 284 g/mol. The maximum atomic E-state index is 5.66. The van der Waals surface area contributed by atoms with Crippen LogP contribution < -0.4 is 0 Å². The van der Waals surface area contributed by atoms with Gasteiger partial charge in [-0.25, -0.2) is 4.98 Å². The fourth-order valence-electron chi connectivity index (χ4n) is 2.94. The molecule has 1 saturated heterocycles. The molecule has 1 unspecified atom stereocenters. The molecule has 0 aromatic carbocycles. The van der Waals surface area contributed by atoms with Crippen LogP contribution in [-0.4, -0.2) is 46.5 Å². The Morgan fingerprint density at radius 2 is 2.19 bits per heavy atom. The third-order valence-electron chi connectivity index (χ3n) is 4.12. The van der Waals surface area contributed by atoms with Crippen LogP contribution in [0.2, 0.25) is 0 Å². The van der Waals surface area contributed by atoms with Gasteiger partial charge in [0.25, 0.3) is 0 Å². The van der Waals surface area contributed by atoms with Crippen LogP contribution in [0.1, 0.15) is 33.7 Å². The second-order valence-corrected chi connectivity index (χ2v) is 6.64. The molecule has 6 heteroatoms. The van der Waals surface area contributed by atoms with Crippen LogP contribution in [0.25, 0.3) is 0 Å². The molecule has 0 N–H and O–H groups in total. The summed E-state index contributed by atoms with van der Waals surface area (Å²) in [6.45, 7) is 9.56. The highest BCUT2D eigenvalue weighted by atomic mass is 32.1. The molecule has 1 fully saturated rings. The Hall–Kier alpha value is -1.24. The van der Waals surface area contributed by atoms with Crippen LogP contribution in [0.3, 0.4) is 0 Å². The Balaban J connectivity index is 1.88. The molecule has 3 rings (SSSR count). The van der Waals surface area contributed by atoms with Crippen LogP contribution in [0, 0.1) is 20.8 Å². The van der Waals surface area contributed by atoms with E-state index in [9.17, 15) is 0 Å². The predicted octanol–water partition coefficient (Wildman–Crippen LogP) is 2.32. The summed E-state index contributed by atoms with van der Waals surface area (Å²) in [4.78, 5) is 6.90. The number of aryl methyl sites for hydroxylation is 2. The van der Waals surface area contributed by atoms with Gasteiger partial charge in [-0.05, 0) is 27.8 Å². The van der Waals surface area contributed by atoms with Crippen LogP contribution in [0.15, 0.2) is 5.38 Å². The molecule has 0 aliphatic carbocycles. The molecular formula is C15H22N4OS. The molecule has 0 amide bonds. The van der Waals surface area contributed by atoms with Crippen molar-refractivity contribution in [2.75, 3.05) is 26.8 Å². The first-order chi connectivity index (χ1) is 10.1. The fraction of sp³-hybridized carbons (Fsp3) is 0.600. The molecule has 21 heavy (non-hydrogen) atoms. The number of aromatic nitrogens is 3. The Kier molecular flexibility index (Phi) is 4.10. The van der Waals surface area contributed by atoms with E-state index >= 15 is 0 Å². The van der Waals surface area contributed by atoms with Crippen LogP contribution in [0.4, 0.5) is 0 Å². The number of ether oxygens (including phenoxy) is 1. The van der Waals surface area contributed by atoms with Gasteiger partial charge in [0.15, 0.2) is 0 Å². The summed E-state index contributed by atoms with van der Waals surface area (Å²) in [5.41, 5.74) is 4.72. The van der Waals surface area contributed by atoms with Gasteiger partial charge < -0.3 is 4.74 Å². The molecule has 0 radical (unpaired) electrons. The maximum absolute atomic E-state index is 5.66. The number of morpholine rings is 1. The fourth-order valence-corrected chi connectivity index (χ4v) is 3.69. The Labute approximate surface area is 129 Å². The molecule has 0 bridgehead atoms. The average Bonchev–Trinajstić information content (AvgIpc) is 2.96. The first-order valence-corrected chi connectivity index (χ1v) is 8.17. The molecule has 3 heterocycles. The normalized spacial score (nSPS) is 20.1. The van der Waals surface area contributed by atoms with E-state index in [0.29, 0.717) is 6.04 Å². The molecule has 1 atom stereocenters. The summed E-state index contributed by atoms with van der Waals surface area (Å²) in [7, 11) is 2.16. The lowest BCUT2D eigenvalue weighted by molar-refractivity contribution is 0.00457. The summed E-state index contributed by atoms with van der Waals surface area (Å²) in [6, 6.07) is 0.311. The number of hydrogen-bond acceptors (Lipinski definition) is 5. The van der Waals surface area contributed by atoms with E-state index in [1.54, 1.807) is 11.3 Å². The van der Waals surface area contributed by atoms with E-state index in [4.69, 9.17) is 9.84 Å². The van der Waals surface area contributed by atoms with E-state index in [1.165, 1.54) is 11.3 Å². The summed E-state index contributed by atoms with van der Waals surface area (Å²) in [5.74, 6) is 0. The molecule has 1 aliphatic rings. The van der Waals surface area contributed by atoms with Crippen molar-refractivity contribution in [3.8, 4) is 0 Å². The van der Waals surface area contributed by atoms with Gasteiger partial charge >= 0.3 is 0 Å². The molecule has 114 valence electrons. The van der Waals surface area contributed by atoms with Crippen molar-refractivity contribution in [3.63, 3.8) is 0 Å². The van der Waals surface area contributed by atoms with Crippen LogP contribution in [-0.2, 0) is 11.3 Å². The van der Waals surface area contributed by atoms with Gasteiger partial charge in [-0.1, -0.05) is 0 Å². The van der Waals surface area contributed by atoms with Crippen molar-refractivity contribution in [2.45, 2.75) is 33.4 Å². The van der Waals surface area contributed by atoms with E-state index in [1.807, 2.05) is 6.92 Å². The highest BCUT2D eigenvalue weighted by Crippen LogP contribution is 2.28. The average molecular weight is 306 g/mol. The smallest absolute Gasteiger partial charge is 0.114 e. The van der Waals surface area contributed by atoms with Gasteiger partial charge in [-0.15, -0.1) is 11.3 Å². The van der Waals surface area contributed by atoms with Gasteiger partial charge in [0.2, 0.25) is 0 Å². The zero-order valence-electron chi connectivity index (χ0n) is 13.1. The molecule has 2 aromatic rings. The van der Waals surface area contributed by atoms with Gasteiger partial charge in [0, 0.05) is 28.9 Å². The van der Waals surface area contributed by atoms with Gasteiger partial charge in [0.1, 0.15) is 5.01 Å². The number of thiazole rings is 1. The summed E-state index contributed by atoms with van der Waals surface area (Å²) in [5, 5.41) is 7.92. The van der Waals surface area contributed by atoms with Crippen LogP contribution >= 0.6 is 11.3 Å². The van der Waals surface area contributed by atoms with Crippen LogP contribution in [0.5, 0.6) is 0 Å². The highest BCUT2D eigenvalue weighted by molar-refractivity contribution is 7.09. The van der Waals surface area contributed by atoms with Crippen molar-refractivity contribution in [1.82, 2.24) is 19.7 Å². The van der Waals surface area contributed by atoms with Crippen molar-refractivity contribution in [2.24, 2.45) is 0 Å². The predicted molar refractivity (Wildman–Crippen MR) is 83.8 cm³/mol. The van der Waals surface area contributed by atoms with E-state index in [-0.39, 0.29) is 0 Å². The van der Waals surface area contributed by atoms with Gasteiger partial charge in [0.05, 0.1) is 31.5 Å². The first kappa shape index (κ1) is 14.7. The number of rotatable bonds is 3. The quantitative estimate of drug-likeness (QED) is 0.873. The van der Waals surface area contributed by atoms with Crippen molar-refractivity contribution in [1.29, 1.82) is 0 Å². The lowest BCUT2D eigenvalue weighted by atomic mass is 10.0. The molecule has 0 saturated carbocycles. The second-order valence-electron chi connectivity index (χ2n) is 5.70. The Morgan fingerprint density at radius 1 is 1.38 bits per heavy atom. The Morgan fingerprint density at radius 3 is 2.86 bits per heavy atom. The first-order valence-electron chi connectivity index (χ1n) is 7.29. The van der Waals surface area contributed by atoms with Crippen molar-refractivity contribution < 1.29 is 4.74 Å². The van der Waals surface area contributed by atoms with E-state index < -0.39 is 0 Å². The van der Waals surface area contributed by atoms with E-state index in [2.05, 4.69) is 40.8 Å². The summed E-state index contributed by atoms with van der Waals surface area (Å²) in [6.07, 6.45) is 0. The standard InChI is InChI=1S/C15H22N4OS/c1-10-9-21-14(16-10)7-19-12(3)15(11(2)17-19)13-8-20-6-5-18(13)4/h9,13H,5-8H2,1-4H3. The third kappa shape index (κ3) is 2.88. The molecule has 0 spiro atoms. The highest BCUT2D eigenvalue weighted by Gasteiger charge is 2.27. The minimum atomic E-state index is 0.311. The van der Waals surface area contributed by atoms with Crippen molar-refractivity contribution >= 4 is 11.3 Å². The zero-order chi connectivity index (χ0) is 15.0. The minimum absolute atomic E-state index is 0.311. The monoisotopic (exact) mass is 306 g/mol. The molecule has 5 nitrogen and oxygen atoms in total. The van der Waals surface area contributed by atoms with Gasteiger partial charge in [-0.3, -0.25) is 9.58 Å². The van der Waals surface area contributed by atoms with E-state index in [0.717, 1.165) is 42.7 Å². The van der Waals surface area contributed by atoms with Gasteiger partial charge in [-0.2, -0.15) is 5.10 Å². The SMILES string of the molecule is Cc1csc(Cn2nc(C)c(C3COCCN3C)c2C)n1.